The van der Waals surface area contributed by atoms with Gasteiger partial charge in [-0.05, 0) is 17.7 Å². The maximum absolute atomic E-state index is 12.0. The summed E-state index contributed by atoms with van der Waals surface area (Å²) in [7, 11) is -2.53. The van der Waals surface area contributed by atoms with Crippen LogP contribution in [0.1, 0.15) is 5.56 Å². The first kappa shape index (κ1) is 15.0. The first-order valence-corrected chi connectivity index (χ1v) is 7.35. The van der Waals surface area contributed by atoms with E-state index in [2.05, 4.69) is 9.71 Å². The number of aromatic nitrogens is 2. The number of sulfonamides is 1. The average Bonchev–Trinajstić information content (AvgIpc) is 2.45. The van der Waals surface area contributed by atoms with E-state index in [1.165, 1.54) is 7.11 Å². The molecule has 2 rings (SSSR count). The van der Waals surface area contributed by atoms with Crippen LogP contribution in [0, 0.1) is 0 Å². The van der Waals surface area contributed by atoms with Gasteiger partial charge >= 0.3 is 5.69 Å². The van der Waals surface area contributed by atoms with Crippen molar-refractivity contribution in [3.05, 3.63) is 56.9 Å². The van der Waals surface area contributed by atoms with Crippen molar-refractivity contribution in [3.8, 4) is 5.75 Å². The van der Waals surface area contributed by atoms with Crippen LogP contribution in [0.25, 0.3) is 0 Å². The van der Waals surface area contributed by atoms with E-state index < -0.39 is 26.2 Å². The van der Waals surface area contributed by atoms with Crippen molar-refractivity contribution in [2.75, 3.05) is 7.11 Å². The molecule has 0 aliphatic carbocycles. The van der Waals surface area contributed by atoms with Gasteiger partial charge in [0.2, 0.25) is 10.0 Å². The second-order valence-electron chi connectivity index (χ2n) is 4.11. The summed E-state index contributed by atoms with van der Waals surface area (Å²) in [6.45, 7) is -0.0158. The molecule has 0 bridgehead atoms. The minimum Gasteiger partial charge on any atom is -0.497 e. The number of ether oxygens (including phenoxy) is 1. The number of rotatable bonds is 5. The van der Waals surface area contributed by atoms with Crippen molar-refractivity contribution in [3.63, 3.8) is 0 Å². The fourth-order valence-electron chi connectivity index (χ4n) is 1.64. The summed E-state index contributed by atoms with van der Waals surface area (Å²) in [6.07, 6.45) is 0.856. The van der Waals surface area contributed by atoms with Crippen molar-refractivity contribution in [2.24, 2.45) is 0 Å². The molecular weight excluding hydrogens is 298 g/mol. The summed E-state index contributed by atoms with van der Waals surface area (Å²) in [5, 5.41) is 0. The molecule has 21 heavy (non-hydrogen) atoms. The lowest BCUT2D eigenvalue weighted by Gasteiger charge is -2.07. The minimum absolute atomic E-state index is 0.0158. The number of hydrogen-bond acceptors (Lipinski definition) is 5. The summed E-state index contributed by atoms with van der Waals surface area (Å²) >= 11 is 0. The number of methoxy groups -OCH3 is 1. The van der Waals surface area contributed by atoms with Gasteiger partial charge in [-0.3, -0.25) is 9.78 Å². The second-order valence-corrected chi connectivity index (χ2v) is 5.85. The van der Waals surface area contributed by atoms with Crippen molar-refractivity contribution in [1.29, 1.82) is 0 Å². The van der Waals surface area contributed by atoms with Gasteiger partial charge in [-0.1, -0.05) is 12.1 Å². The fourth-order valence-corrected chi connectivity index (χ4v) is 2.66. The van der Waals surface area contributed by atoms with E-state index in [9.17, 15) is 18.0 Å². The summed E-state index contributed by atoms with van der Waals surface area (Å²) in [5.41, 5.74) is -1.08. The number of aromatic amines is 2. The monoisotopic (exact) mass is 311 g/mol. The SMILES string of the molecule is COc1cccc(CNS(=O)(=O)c2c[nH]c(=O)[nH]c2=O)c1. The van der Waals surface area contributed by atoms with E-state index in [0.717, 1.165) is 6.20 Å². The molecule has 0 aliphatic rings. The van der Waals surface area contributed by atoms with E-state index in [1.807, 2.05) is 4.98 Å². The third kappa shape index (κ3) is 3.58. The van der Waals surface area contributed by atoms with E-state index >= 15 is 0 Å². The Morgan fingerprint density at radius 2 is 2.05 bits per heavy atom. The van der Waals surface area contributed by atoms with Crippen LogP contribution in [-0.4, -0.2) is 25.5 Å². The molecule has 8 nitrogen and oxygen atoms in total. The highest BCUT2D eigenvalue weighted by molar-refractivity contribution is 7.89. The third-order valence-corrected chi connectivity index (χ3v) is 4.08. The highest BCUT2D eigenvalue weighted by atomic mass is 32.2. The molecule has 1 heterocycles. The molecule has 2 aromatic rings. The number of H-pyrrole nitrogens is 2. The molecule has 1 aromatic heterocycles. The summed E-state index contributed by atoms with van der Waals surface area (Å²) in [5.74, 6) is 0.591. The van der Waals surface area contributed by atoms with Crippen molar-refractivity contribution in [1.82, 2.24) is 14.7 Å². The normalized spacial score (nSPS) is 11.3. The third-order valence-electron chi connectivity index (χ3n) is 2.68. The lowest BCUT2D eigenvalue weighted by atomic mass is 10.2. The largest absolute Gasteiger partial charge is 0.497 e. The summed E-state index contributed by atoms with van der Waals surface area (Å²) in [4.78, 5) is 25.8. The first-order chi connectivity index (χ1) is 9.92. The molecule has 0 fully saturated rings. The number of benzene rings is 1. The Balaban J connectivity index is 2.21. The predicted octanol–water partition coefficient (Wildman–Crippen LogP) is -0.450. The quantitative estimate of drug-likeness (QED) is 0.690. The Labute approximate surface area is 119 Å². The molecular formula is C12H13N3O5S. The van der Waals surface area contributed by atoms with Crippen LogP contribution in [0.3, 0.4) is 0 Å². The highest BCUT2D eigenvalue weighted by Crippen LogP contribution is 2.12. The average molecular weight is 311 g/mol. The molecule has 0 amide bonds. The number of hydrogen-bond donors (Lipinski definition) is 3. The molecule has 0 spiro atoms. The molecule has 0 saturated carbocycles. The summed E-state index contributed by atoms with van der Waals surface area (Å²) < 4.78 is 31.3. The topological polar surface area (TPSA) is 121 Å². The van der Waals surface area contributed by atoms with Gasteiger partial charge in [-0.2, -0.15) is 0 Å². The minimum atomic E-state index is -4.03. The Morgan fingerprint density at radius 1 is 1.29 bits per heavy atom. The molecule has 112 valence electrons. The van der Waals surface area contributed by atoms with Gasteiger partial charge in [0, 0.05) is 12.7 Å². The fraction of sp³-hybridized carbons (Fsp3) is 0.167. The van der Waals surface area contributed by atoms with Crippen LogP contribution in [-0.2, 0) is 16.6 Å². The van der Waals surface area contributed by atoms with Crippen molar-refractivity contribution in [2.45, 2.75) is 11.4 Å². The molecule has 0 radical (unpaired) electrons. The van der Waals surface area contributed by atoms with Crippen molar-refractivity contribution >= 4 is 10.0 Å². The maximum Gasteiger partial charge on any atom is 0.325 e. The summed E-state index contributed by atoms with van der Waals surface area (Å²) in [6, 6.07) is 6.82. The Kier molecular flexibility index (Phi) is 4.24. The molecule has 9 heteroatoms. The van der Waals surface area contributed by atoms with Crippen LogP contribution >= 0.6 is 0 Å². The Morgan fingerprint density at radius 3 is 2.71 bits per heavy atom. The molecule has 0 aliphatic heterocycles. The van der Waals surface area contributed by atoms with Crippen LogP contribution in [0.2, 0.25) is 0 Å². The predicted molar refractivity (Wildman–Crippen MR) is 74.7 cm³/mol. The maximum atomic E-state index is 12.0. The molecule has 0 unspecified atom stereocenters. The van der Waals surface area contributed by atoms with E-state index in [-0.39, 0.29) is 6.54 Å². The lowest BCUT2D eigenvalue weighted by Crippen LogP contribution is -2.32. The van der Waals surface area contributed by atoms with Crippen LogP contribution in [0.5, 0.6) is 5.75 Å². The smallest absolute Gasteiger partial charge is 0.325 e. The first-order valence-electron chi connectivity index (χ1n) is 5.87. The van der Waals surface area contributed by atoms with Gasteiger partial charge in [0.1, 0.15) is 5.75 Å². The molecule has 0 atom stereocenters. The Bertz CT molecular complexity index is 853. The van der Waals surface area contributed by atoms with E-state index in [1.54, 1.807) is 24.3 Å². The van der Waals surface area contributed by atoms with Gasteiger partial charge < -0.3 is 9.72 Å². The van der Waals surface area contributed by atoms with Gasteiger partial charge in [0.05, 0.1) is 7.11 Å². The van der Waals surface area contributed by atoms with E-state index in [4.69, 9.17) is 4.74 Å². The standard InChI is InChI=1S/C12H13N3O5S/c1-20-9-4-2-3-8(5-9)6-14-21(18,19)10-7-13-12(17)15-11(10)16/h2-5,7,14H,6H2,1H3,(H2,13,15,16,17). The highest BCUT2D eigenvalue weighted by Gasteiger charge is 2.18. The van der Waals surface area contributed by atoms with E-state index in [0.29, 0.717) is 11.3 Å². The zero-order chi connectivity index (χ0) is 15.5. The zero-order valence-corrected chi connectivity index (χ0v) is 11.9. The lowest BCUT2D eigenvalue weighted by molar-refractivity contribution is 0.414. The number of nitrogens with one attached hydrogen (secondary N) is 3. The zero-order valence-electron chi connectivity index (χ0n) is 11.0. The van der Waals surface area contributed by atoms with Crippen LogP contribution in [0.4, 0.5) is 0 Å². The Hall–Kier alpha value is -2.39. The second kappa shape index (κ2) is 5.94. The molecule has 3 N–H and O–H groups in total. The van der Waals surface area contributed by atoms with Gasteiger partial charge in [-0.15, -0.1) is 0 Å². The van der Waals surface area contributed by atoms with Crippen LogP contribution < -0.4 is 20.7 Å². The van der Waals surface area contributed by atoms with Gasteiger partial charge in [-0.25, -0.2) is 17.9 Å². The van der Waals surface area contributed by atoms with Crippen LogP contribution in [0.15, 0.2) is 44.9 Å². The van der Waals surface area contributed by atoms with Gasteiger partial charge in [0.15, 0.2) is 4.90 Å². The van der Waals surface area contributed by atoms with Crippen molar-refractivity contribution < 1.29 is 13.2 Å². The molecule has 0 saturated heterocycles. The molecule has 1 aromatic carbocycles. The van der Waals surface area contributed by atoms with Gasteiger partial charge in [0.25, 0.3) is 5.56 Å².